The van der Waals surface area contributed by atoms with Gasteiger partial charge in [0.25, 0.3) is 0 Å². The van der Waals surface area contributed by atoms with E-state index in [4.69, 9.17) is 5.73 Å². The number of rotatable bonds is 5. The summed E-state index contributed by atoms with van der Waals surface area (Å²) in [5, 5.41) is 9.65. The average Bonchev–Trinajstić information content (AvgIpc) is 2.37. The van der Waals surface area contributed by atoms with Crippen LogP contribution < -0.4 is 5.73 Å². The number of likely N-dealkylation sites (N-methyl/N-ethyl adjacent to an activating group) is 1. The van der Waals surface area contributed by atoms with Gasteiger partial charge in [0.05, 0.1) is 6.04 Å². The molecule has 0 aromatic heterocycles. The van der Waals surface area contributed by atoms with E-state index in [9.17, 15) is 14.7 Å². The molecule has 0 heterocycles. The number of carbonyl (C=O) groups is 2. The van der Waals surface area contributed by atoms with Crippen molar-refractivity contribution >= 4 is 12.1 Å². The monoisotopic (exact) mass is 313 g/mol. The second-order valence-corrected chi connectivity index (χ2v) is 7.44. The first-order chi connectivity index (χ1) is 10.1. The minimum Gasteiger partial charge on any atom is -0.465 e. The van der Waals surface area contributed by atoms with E-state index in [2.05, 4.69) is 0 Å². The Bertz CT molecular complexity index is 387. The van der Waals surface area contributed by atoms with Crippen molar-refractivity contribution in [2.24, 2.45) is 11.7 Å². The van der Waals surface area contributed by atoms with Crippen LogP contribution in [0.25, 0.3) is 0 Å². The zero-order valence-electron chi connectivity index (χ0n) is 14.3. The molecule has 0 aromatic rings. The third kappa shape index (κ3) is 5.39. The molecule has 3 amide bonds. The van der Waals surface area contributed by atoms with Crippen molar-refractivity contribution < 1.29 is 14.7 Å². The van der Waals surface area contributed by atoms with E-state index >= 15 is 0 Å². The molecule has 0 unspecified atom stereocenters. The van der Waals surface area contributed by atoms with Crippen molar-refractivity contribution in [3.63, 3.8) is 0 Å². The summed E-state index contributed by atoms with van der Waals surface area (Å²) in [6.45, 7) is 6.01. The van der Waals surface area contributed by atoms with Crippen LogP contribution in [0.5, 0.6) is 0 Å². The standard InChI is InChI=1S/C16H31N3O3/c1-16(2,3)19(15(21)22)13(11-18(4)14(17)20)10-12-8-6-5-7-9-12/h12-13H,5-11H2,1-4H3,(H2,17,20)(H,21,22)/t13-/m0/s1. The van der Waals surface area contributed by atoms with E-state index in [-0.39, 0.29) is 6.04 Å². The maximum Gasteiger partial charge on any atom is 0.408 e. The lowest BCUT2D eigenvalue weighted by Crippen LogP contribution is -2.56. The Kier molecular flexibility index (Phi) is 6.50. The Morgan fingerprint density at radius 3 is 2.18 bits per heavy atom. The van der Waals surface area contributed by atoms with E-state index in [1.54, 1.807) is 7.05 Å². The van der Waals surface area contributed by atoms with Gasteiger partial charge in [0.15, 0.2) is 0 Å². The minimum absolute atomic E-state index is 0.224. The van der Waals surface area contributed by atoms with E-state index in [1.165, 1.54) is 29.1 Å². The van der Waals surface area contributed by atoms with Gasteiger partial charge in [-0.15, -0.1) is 0 Å². The molecule has 0 spiro atoms. The van der Waals surface area contributed by atoms with Gasteiger partial charge in [0, 0.05) is 19.1 Å². The fourth-order valence-corrected chi connectivity index (χ4v) is 3.47. The summed E-state index contributed by atoms with van der Waals surface area (Å²) in [6, 6.07) is -0.744. The van der Waals surface area contributed by atoms with Crippen molar-refractivity contribution in [2.75, 3.05) is 13.6 Å². The highest BCUT2D eigenvalue weighted by atomic mass is 16.4. The summed E-state index contributed by atoms with van der Waals surface area (Å²) in [7, 11) is 1.62. The number of primary amides is 1. The van der Waals surface area contributed by atoms with Gasteiger partial charge in [-0.05, 0) is 33.1 Å². The number of carboxylic acid groups (broad SMARTS) is 1. The molecular weight excluding hydrogens is 282 g/mol. The molecule has 128 valence electrons. The highest BCUT2D eigenvalue weighted by molar-refractivity contribution is 5.72. The summed E-state index contributed by atoms with van der Waals surface area (Å²) in [5.41, 5.74) is 4.81. The Balaban J connectivity index is 2.91. The smallest absolute Gasteiger partial charge is 0.408 e. The van der Waals surface area contributed by atoms with E-state index < -0.39 is 17.7 Å². The molecule has 1 aliphatic carbocycles. The van der Waals surface area contributed by atoms with Crippen molar-refractivity contribution in [2.45, 2.75) is 70.9 Å². The third-order valence-corrected chi connectivity index (χ3v) is 4.48. The zero-order valence-corrected chi connectivity index (χ0v) is 14.3. The van der Waals surface area contributed by atoms with Gasteiger partial charge in [-0.3, -0.25) is 4.90 Å². The van der Waals surface area contributed by atoms with Crippen LogP contribution in [0.3, 0.4) is 0 Å². The summed E-state index contributed by atoms with van der Waals surface area (Å²) in [4.78, 5) is 26.0. The van der Waals surface area contributed by atoms with E-state index in [1.807, 2.05) is 20.8 Å². The number of amides is 3. The number of carbonyl (C=O) groups excluding carboxylic acids is 1. The molecule has 0 aliphatic heterocycles. The van der Waals surface area contributed by atoms with Gasteiger partial charge in [0.1, 0.15) is 0 Å². The quantitative estimate of drug-likeness (QED) is 0.817. The molecule has 0 aromatic carbocycles. The van der Waals surface area contributed by atoms with Crippen molar-refractivity contribution in [1.29, 1.82) is 0 Å². The molecule has 22 heavy (non-hydrogen) atoms. The second-order valence-electron chi connectivity index (χ2n) is 7.44. The van der Waals surface area contributed by atoms with E-state index in [0.29, 0.717) is 12.5 Å². The molecule has 3 N–H and O–H groups in total. The SMILES string of the molecule is CN(C[C@H](CC1CCCCC1)N(C(=O)O)C(C)(C)C)C(N)=O. The predicted octanol–water partition coefficient (Wildman–Crippen LogP) is 3.11. The predicted molar refractivity (Wildman–Crippen MR) is 86.8 cm³/mol. The van der Waals surface area contributed by atoms with Crippen molar-refractivity contribution in [3.8, 4) is 0 Å². The van der Waals surface area contributed by atoms with Crippen LogP contribution in [0.2, 0.25) is 0 Å². The van der Waals surface area contributed by atoms with Crippen molar-refractivity contribution in [1.82, 2.24) is 9.80 Å². The van der Waals surface area contributed by atoms with Gasteiger partial charge >= 0.3 is 12.1 Å². The molecule has 1 fully saturated rings. The highest BCUT2D eigenvalue weighted by Gasteiger charge is 2.35. The molecule has 6 nitrogen and oxygen atoms in total. The van der Waals surface area contributed by atoms with Crippen LogP contribution in [0.4, 0.5) is 9.59 Å². The summed E-state index contributed by atoms with van der Waals surface area (Å²) >= 11 is 0. The second kappa shape index (κ2) is 7.70. The van der Waals surface area contributed by atoms with Crippen LogP contribution in [0, 0.1) is 5.92 Å². The summed E-state index contributed by atoms with van der Waals surface area (Å²) in [6.07, 6.45) is 5.84. The maximum absolute atomic E-state index is 11.8. The van der Waals surface area contributed by atoms with Crippen LogP contribution in [-0.2, 0) is 0 Å². The van der Waals surface area contributed by atoms with Crippen LogP contribution in [0.15, 0.2) is 0 Å². The lowest BCUT2D eigenvalue weighted by molar-refractivity contribution is 0.0497. The lowest BCUT2D eigenvalue weighted by atomic mass is 9.83. The molecule has 6 heteroatoms. The molecule has 0 saturated heterocycles. The zero-order chi connectivity index (χ0) is 16.9. The third-order valence-electron chi connectivity index (χ3n) is 4.48. The van der Waals surface area contributed by atoms with Crippen molar-refractivity contribution in [3.05, 3.63) is 0 Å². The number of urea groups is 1. The fourth-order valence-electron chi connectivity index (χ4n) is 3.47. The Hall–Kier alpha value is -1.46. The lowest BCUT2D eigenvalue weighted by Gasteiger charge is -2.42. The molecule has 1 aliphatic rings. The normalized spacial score (nSPS) is 17.8. The Morgan fingerprint density at radius 1 is 1.23 bits per heavy atom. The summed E-state index contributed by atoms with van der Waals surface area (Å²) in [5.74, 6) is 0.532. The Labute approximate surface area is 133 Å². The van der Waals surface area contributed by atoms with Gasteiger partial charge in [-0.25, -0.2) is 9.59 Å². The topological polar surface area (TPSA) is 86.9 Å². The first-order valence-electron chi connectivity index (χ1n) is 8.15. The first-order valence-corrected chi connectivity index (χ1v) is 8.15. The van der Waals surface area contributed by atoms with Crippen LogP contribution in [-0.4, -0.2) is 52.2 Å². The van der Waals surface area contributed by atoms with Gasteiger partial charge in [-0.2, -0.15) is 0 Å². The minimum atomic E-state index is -0.939. The molecule has 0 bridgehead atoms. The highest BCUT2D eigenvalue weighted by Crippen LogP contribution is 2.31. The number of hydrogen-bond donors (Lipinski definition) is 2. The van der Waals surface area contributed by atoms with Gasteiger partial charge in [0.2, 0.25) is 0 Å². The van der Waals surface area contributed by atoms with Gasteiger partial charge < -0.3 is 15.7 Å². The fraction of sp³-hybridized carbons (Fsp3) is 0.875. The first kappa shape index (κ1) is 18.6. The number of nitrogens with zero attached hydrogens (tertiary/aromatic N) is 2. The molecular formula is C16H31N3O3. The average molecular weight is 313 g/mol. The number of hydrogen-bond acceptors (Lipinski definition) is 2. The van der Waals surface area contributed by atoms with Crippen LogP contribution >= 0.6 is 0 Å². The molecule has 1 atom stereocenters. The largest absolute Gasteiger partial charge is 0.465 e. The molecule has 1 rings (SSSR count). The number of nitrogens with two attached hydrogens (primary N) is 1. The Morgan fingerprint density at radius 2 is 1.77 bits per heavy atom. The molecule has 0 radical (unpaired) electrons. The van der Waals surface area contributed by atoms with E-state index in [0.717, 1.165) is 19.3 Å². The summed E-state index contributed by atoms with van der Waals surface area (Å²) < 4.78 is 0. The van der Waals surface area contributed by atoms with Crippen LogP contribution in [0.1, 0.15) is 59.3 Å². The van der Waals surface area contributed by atoms with Gasteiger partial charge in [-0.1, -0.05) is 32.1 Å². The maximum atomic E-state index is 11.8. The molecule has 1 saturated carbocycles.